The third-order valence-electron chi connectivity index (χ3n) is 4.68. The number of ether oxygens (including phenoxy) is 2. The minimum Gasteiger partial charge on any atom is -0.497 e. The lowest BCUT2D eigenvalue weighted by Crippen LogP contribution is -2.25. The molecule has 0 bridgehead atoms. The molecule has 0 fully saturated rings. The highest BCUT2D eigenvalue weighted by molar-refractivity contribution is 8.00. The van der Waals surface area contributed by atoms with Gasteiger partial charge >= 0.3 is 0 Å². The Hall–Kier alpha value is -3.33. The van der Waals surface area contributed by atoms with E-state index in [-0.39, 0.29) is 11.2 Å². The zero-order chi connectivity index (χ0) is 21.1. The van der Waals surface area contributed by atoms with E-state index in [9.17, 15) is 4.79 Å². The summed E-state index contributed by atoms with van der Waals surface area (Å²) in [6, 6.07) is 13.1. The molecule has 0 spiro atoms. The molecule has 4 rings (SSSR count). The number of carbonyl (C=O) groups is 1. The number of H-pyrrole nitrogens is 1. The first-order valence-corrected chi connectivity index (χ1v) is 10.3. The normalized spacial score (nSPS) is 12.1. The van der Waals surface area contributed by atoms with Crippen molar-refractivity contribution in [1.82, 2.24) is 20.2 Å². The van der Waals surface area contributed by atoms with Crippen LogP contribution in [0, 0.1) is 0 Å². The average Bonchev–Trinajstić information content (AvgIpc) is 3.15. The molecule has 2 aromatic carbocycles. The van der Waals surface area contributed by atoms with Crippen LogP contribution in [-0.4, -0.2) is 45.5 Å². The Bertz CT molecular complexity index is 1210. The number of hydrogen-bond acceptors (Lipinski definition) is 7. The first kappa shape index (κ1) is 20.0. The van der Waals surface area contributed by atoms with Crippen molar-refractivity contribution in [2.45, 2.75) is 23.8 Å². The van der Waals surface area contributed by atoms with E-state index in [1.165, 1.54) is 11.8 Å². The Kier molecular flexibility index (Phi) is 5.71. The molecule has 0 aliphatic heterocycles. The number of nitrogens with zero attached hydrogens (tertiary/aromatic N) is 3. The molecular formula is C21H21N5O3S. The fourth-order valence-corrected chi connectivity index (χ4v) is 3.94. The van der Waals surface area contributed by atoms with Crippen LogP contribution in [0.15, 0.2) is 47.6 Å². The number of para-hydroxylation sites is 1. The van der Waals surface area contributed by atoms with Crippen molar-refractivity contribution in [3.05, 3.63) is 42.5 Å². The van der Waals surface area contributed by atoms with E-state index in [1.54, 1.807) is 32.4 Å². The number of aromatic nitrogens is 4. The molecule has 30 heavy (non-hydrogen) atoms. The van der Waals surface area contributed by atoms with Gasteiger partial charge in [0.15, 0.2) is 5.65 Å². The monoisotopic (exact) mass is 423 g/mol. The van der Waals surface area contributed by atoms with Gasteiger partial charge in [-0.3, -0.25) is 4.79 Å². The number of anilines is 1. The Balaban J connectivity index is 1.54. The van der Waals surface area contributed by atoms with Gasteiger partial charge in [-0.2, -0.15) is 0 Å². The first-order chi connectivity index (χ1) is 14.6. The largest absolute Gasteiger partial charge is 0.497 e. The van der Waals surface area contributed by atoms with Gasteiger partial charge in [0.25, 0.3) is 0 Å². The Labute approximate surface area is 177 Å². The Morgan fingerprint density at radius 1 is 1.17 bits per heavy atom. The lowest BCUT2D eigenvalue weighted by Gasteiger charge is -2.16. The molecule has 0 saturated carbocycles. The summed E-state index contributed by atoms with van der Waals surface area (Å²) in [4.78, 5) is 20.7. The number of methoxy groups -OCH3 is 2. The molecule has 1 unspecified atom stereocenters. The maximum atomic E-state index is 12.9. The maximum absolute atomic E-state index is 12.9. The first-order valence-electron chi connectivity index (χ1n) is 9.43. The summed E-state index contributed by atoms with van der Waals surface area (Å²) in [5, 5.41) is 12.5. The molecule has 1 amide bonds. The van der Waals surface area contributed by atoms with E-state index in [0.29, 0.717) is 34.4 Å². The van der Waals surface area contributed by atoms with Gasteiger partial charge in [-0.05, 0) is 24.6 Å². The molecule has 154 valence electrons. The van der Waals surface area contributed by atoms with Crippen LogP contribution >= 0.6 is 11.8 Å². The maximum Gasteiger partial charge on any atom is 0.238 e. The molecule has 8 nitrogen and oxygen atoms in total. The van der Waals surface area contributed by atoms with E-state index < -0.39 is 0 Å². The SMILES string of the molecule is CCC(Sc1nnc2c(n1)[nH]c1ccccc12)C(=O)Nc1ccc(OC)cc1OC. The van der Waals surface area contributed by atoms with Gasteiger partial charge in [-0.1, -0.05) is 36.9 Å². The quantitative estimate of drug-likeness (QED) is 0.433. The number of benzene rings is 2. The predicted molar refractivity (Wildman–Crippen MR) is 117 cm³/mol. The molecule has 0 aliphatic carbocycles. The highest BCUT2D eigenvalue weighted by Gasteiger charge is 2.22. The zero-order valence-corrected chi connectivity index (χ0v) is 17.6. The second-order valence-electron chi connectivity index (χ2n) is 6.53. The third-order valence-corrected chi connectivity index (χ3v) is 5.90. The lowest BCUT2D eigenvalue weighted by molar-refractivity contribution is -0.115. The highest BCUT2D eigenvalue weighted by atomic mass is 32.2. The van der Waals surface area contributed by atoms with Crippen molar-refractivity contribution in [2.75, 3.05) is 19.5 Å². The van der Waals surface area contributed by atoms with E-state index in [4.69, 9.17) is 9.47 Å². The number of aromatic amines is 1. The number of hydrogen-bond donors (Lipinski definition) is 2. The standard InChI is InChI=1S/C21H21N5O3S/c1-4-17(20(27)23-15-10-9-12(28-2)11-16(15)29-3)30-21-24-19-18(25-26-21)13-7-5-6-8-14(13)22-19/h5-11,17H,4H2,1-3H3,(H,23,27)(H,22,24,26). The van der Waals surface area contributed by atoms with Gasteiger partial charge in [-0.25, -0.2) is 4.98 Å². The minimum absolute atomic E-state index is 0.161. The topological polar surface area (TPSA) is 102 Å². The van der Waals surface area contributed by atoms with Gasteiger partial charge in [0, 0.05) is 17.0 Å². The number of rotatable bonds is 7. The summed E-state index contributed by atoms with van der Waals surface area (Å²) in [5.41, 5.74) is 2.90. The van der Waals surface area contributed by atoms with Crippen LogP contribution in [-0.2, 0) is 4.79 Å². The summed E-state index contributed by atoms with van der Waals surface area (Å²) < 4.78 is 10.6. The van der Waals surface area contributed by atoms with Crippen molar-refractivity contribution in [3.63, 3.8) is 0 Å². The van der Waals surface area contributed by atoms with Gasteiger partial charge in [-0.15, -0.1) is 10.2 Å². The van der Waals surface area contributed by atoms with Crippen LogP contribution in [0.1, 0.15) is 13.3 Å². The number of nitrogens with one attached hydrogen (secondary N) is 2. The molecule has 0 radical (unpaired) electrons. The molecule has 0 saturated heterocycles. The van der Waals surface area contributed by atoms with Crippen LogP contribution in [0.5, 0.6) is 11.5 Å². The molecule has 2 aromatic heterocycles. The number of thioether (sulfide) groups is 1. The summed E-state index contributed by atoms with van der Waals surface area (Å²) in [6.07, 6.45) is 0.600. The fraction of sp³-hybridized carbons (Fsp3) is 0.238. The van der Waals surface area contributed by atoms with Crippen molar-refractivity contribution < 1.29 is 14.3 Å². The lowest BCUT2D eigenvalue weighted by atomic mass is 10.2. The van der Waals surface area contributed by atoms with Gasteiger partial charge < -0.3 is 19.8 Å². The van der Waals surface area contributed by atoms with Crippen LogP contribution in [0.25, 0.3) is 22.1 Å². The van der Waals surface area contributed by atoms with Gasteiger partial charge in [0.2, 0.25) is 11.1 Å². The summed E-state index contributed by atoms with van der Waals surface area (Å²) in [7, 11) is 3.13. The molecule has 2 heterocycles. The number of carbonyl (C=O) groups excluding carboxylic acids is 1. The van der Waals surface area contributed by atoms with Crippen molar-refractivity contribution in [3.8, 4) is 11.5 Å². The third kappa shape index (κ3) is 3.88. The second kappa shape index (κ2) is 8.58. The van der Waals surface area contributed by atoms with Crippen molar-refractivity contribution in [2.24, 2.45) is 0 Å². The van der Waals surface area contributed by atoms with Gasteiger partial charge in [0.05, 0.1) is 25.2 Å². The summed E-state index contributed by atoms with van der Waals surface area (Å²) in [6.45, 7) is 1.94. The smallest absolute Gasteiger partial charge is 0.238 e. The molecule has 9 heteroatoms. The Morgan fingerprint density at radius 2 is 2.00 bits per heavy atom. The van der Waals surface area contributed by atoms with Crippen molar-refractivity contribution in [1.29, 1.82) is 0 Å². The molecule has 4 aromatic rings. The van der Waals surface area contributed by atoms with Crippen LogP contribution in [0.2, 0.25) is 0 Å². The number of fused-ring (bicyclic) bond motifs is 3. The molecular weight excluding hydrogens is 402 g/mol. The van der Waals surface area contributed by atoms with Crippen molar-refractivity contribution >= 4 is 45.4 Å². The van der Waals surface area contributed by atoms with E-state index >= 15 is 0 Å². The molecule has 1 atom stereocenters. The fourth-order valence-electron chi connectivity index (χ4n) is 3.12. The molecule has 0 aliphatic rings. The van der Waals surface area contributed by atoms with Gasteiger partial charge in [0.1, 0.15) is 17.0 Å². The average molecular weight is 423 g/mol. The van der Waals surface area contributed by atoms with E-state index in [1.807, 2.05) is 31.2 Å². The van der Waals surface area contributed by atoms with Crippen LogP contribution in [0.4, 0.5) is 5.69 Å². The Morgan fingerprint density at radius 3 is 2.77 bits per heavy atom. The zero-order valence-electron chi connectivity index (χ0n) is 16.8. The molecule has 2 N–H and O–H groups in total. The highest BCUT2D eigenvalue weighted by Crippen LogP contribution is 2.31. The predicted octanol–water partition coefficient (Wildman–Crippen LogP) is 4.03. The van der Waals surface area contributed by atoms with Crippen LogP contribution in [0.3, 0.4) is 0 Å². The summed E-state index contributed by atoms with van der Waals surface area (Å²) in [5.74, 6) is 1.02. The summed E-state index contributed by atoms with van der Waals surface area (Å²) >= 11 is 1.28. The number of amides is 1. The van der Waals surface area contributed by atoms with E-state index in [0.717, 1.165) is 16.4 Å². The van der Waals surface area contributed by atoms with Crippen LogP contribution < -0.4 is 14.8 Å². The minimum atomic E-state index is -0.388. The van der Waals surface area contributed by atoms with E-state index in [2.05, 4.69) is 25.5 Å². The second-order valence-corrected chi connectivity index (χ2v) is 7.70.